The highest BCUT2D eigenvalue weighted by molar-refractivity contribution is 6.33. The Balaban J connectivity index is 2.35. The van der Waals surface area contributed by atoms with Crippen LogP contribution in [0.1, 0.15) is 62.0 Å². The van der Waals surface area contributed by atoms with Gasteiger partial charge in [0.2, 0.25) is 0 Å². The minimum absolute atomic E-state index is 0.0260. The number of halogens is 1. The molecule has 0 heterocycles. The Hall–Kier alpha value is -2.64. The Labute approximate surface area is 199 Å². The second-order valence-electron chi connectivity index (χ2n) is 8.85. The Kier molecular flexibility index (Phi) is 8.86. The predicted molar refractivity (Wildman–Crippen MR) is 125 cm³/mol. The molecule has 0 aliphatic heterocycles. The number of phenolic OH excluding ortho intramolecular Hbond substituents is 1. The molecule has 1 fully saturated rings. The minimum atomic E-state index is -1.24. The Morgan fingerprint density at radius 2 is 2.00 bits per heavy atom. The summed E-state index contributed by atoms with van der Waals surface area (Å²) in [4.78, 5) is 44.3. The fourth-order valence-electron chi connectivity index (χ4n) is 4.04. The molecule has 2 rings (SSSR count). The van der Waals surface area contributed by atoms with E-state index in [1.165, 1.54) is 6.92 Å². The maximum atomic E-state index is 12.3. The molecule has 1 aromatic rings. The number of hydrogen-bond donors (Lipinski definition) is 2. The fourth-order valence-corrected chi connectivity index (χ4v) is 4.29. The first kappa shape index (κ1) is 26.6. The van der Waals surface area contributed by atoms with Crippen LogP contribution < -0.4 is 4.89 Å². The quantitative estimate of drug-likeness (QED) is 0.216. The zero-order valence-corrected chi connectivity index (χ0v) is 20.4. The van der Waals surface area contributed by atoms with Crippen LogP contribution in [0.3, 0.4) is 0 Å². The number of carboxylic acids is 1. The van der Waals surface area contributed by atoms with Gasteiger partial charge < -0.3 is 15.1 Å². The number of aliphatic carboxylic acids is 1. The molecule has 0 saturated heterocycles. The molecule has 0 aromatic heterocycles. The number of aldehydes is 1. The summed E-state index contributed by atoms with van der Waals surface area (Å²) in [5.41, 5.74) is 1.13. The first-order valence-corrected chi connectivity index (χ1v) is 11.2. The largest absolute Gasteiger partial charge is 0.507 e. The Bertz CT molecular complexity index is 995. The molecule has 2 N–H and O–H groups in total. The van der Waals surface area contributed by atoms with Crippen LogP contribution in [0.25, 0.3) is 0 Å². The van der Waals surface area contributed by atoms with Crippen LogP contribution in [0.4, 0.5) is 0 Å². The van der Waals surface area contributed by atoms with Gasteiger partial charge in [-0.1, -0.05) is 56.2 Å². The van der Waals surface area contributed by atoms with Gasteiger partial charge in [0.15, 0.2) is 18.6 Å². The van der Waals surface area contributed by atoms with E-state index < -0.39 is 12.6 Å². The summed E-state index contributed by atoms with van der Waals surface area (Å²) >= 11 is 6.32. The van der Waals surface area contributed by atoms with Crippen molar-refractivity contribution in [2.75, 3.05) is 6.61 Å². The number of benzene rings is 1. The van der Waals surface area contributed by atoms with Crippen molar-refractivity contribution in [3.8, 4) is 11.5 Å². The molecule has 3 unspecified atom stereocenters. The third-order valence-electron chi connectivity index (χ3n) is 6.83. The highest BCUT2D eigenvalue weighted by Gasteiger charge is 2.41. The first-order chi connectivity index (χ1) is 15.4. The van der Waals surface area contributed by atoms with Gasteiger partial charge >= 0.3 is 5.97 Å². The molecule has 180 valence electrons. The van der Waals surface area contributed by atoms with Gasteiger partial charge in [0.25, 0.3) is 0 Å². The third-order valence-corrected chi connectivity index (χ3v) is 7.28. The van der Waals surface area contributed by atoms with Gasteiger partial charge in [-0.3, -0.25) is 9.59 Å². The average Bonchev–Trinajstić information content (AvgIpc) is 2.77. The van der Waals surface area contributed by atoms with E-state index in [0.29, 0.717) is 24.2 Å². The molecule has 8 heteroatoms. The summed E-state index contributed by atoms with van der Waals surface area (Å²) in [6.07, 6.45) is 7.95. The smallest absolute Gasteiger partial charge is 0.334 e. The Morgan fingerprint density at radius 3 is 2.61 bits per heavy atom. The van der Waals surface area contributed by atoms with E-state index >= 15 is 0 Å². The lowest BCUT2D eigenvalue weighted by molar-refractivity contribution is -0.214. The molecule has 3 atom stereocenters. The standard InChI is InChI=1S/C25H31ClO7/c1-14(10-11-25(5)15(2)7-9-20(28)17(25)4)6-8-18-23(31)19(12-27)16(3)22(26)24(18)33-32-13-21(29)30/h6,10-12,15,17,31H,7-9,13H2,1-5H3,(H,29,30)/b11-10+,14-6+. The normalized spacial score (nSPS) is 23.7. The number of aromatic hydroxyl groups is 1. The van der Waals surface area contributed by atoms with Crippen LogP contribution >= 0.6 is 11.6 Å². The number of hydrogen-bond acceptors (Lipinski definition) is 6. The molecule has 0 spiro atoms. The number of Topliss-reactive ketones (excluding diaryl/α,β-unsaturated/α-hetero) is 1. The number of ketones is 1. The molecule has 1 aliphatic carbocycles. The topological polar surface area (TPSA) is 110 Å². The van der Waals surface area contributed by atoms with Crippen molar-refractivity contribution in [1.82, 2.24) is 0 Å². The zero-order valence-electron chi connectivity index (χ0n) is 19.6. The van der Waals surface area contributed by atoms with Crippen molar-refractivity contribution in [1.29, 1.82) is 0 Å². The molecule has 1 saturated carbocycles. The van der Waals surface area contributed by atoms with Crippen LogP contribution in [0.2, 0.25) is 5.02 Å². The number of carbonyl (C=O) groups is 3. The van der Waals surface area contributed by atoms with E-state index in [0.717, 1.165) is 12.0 Å². The third kappa shape index (κ3) is 5.84. The fraction of sp³-hybridized carbons (Fsp3) is 0.480. The summed E-state index contributed by atoms with van der Waals surface area (Å²) in [6, 6.07) is 0. The van der Waals surface area contributed by atoms with E-state index in [1.807, 2.05) is 26.0 Å². The lowest BCUT2D eigenvalue weighted by Crippen LogP contribution is -2.40. The van der Waals surface area contributed by atoms with Crippen LogP contribution in [0.5, 0.6) is 11.5 Å². The number of rotatable bonds is 9. The highest BCUT2D eigenvalue weighted by atomic mass is 35.5. The second-order valence-corrected chi connectivity index (χ2v) is 9.22. The van der Waals surface area contributed by atoms with Crippen molar-refractivity contribution in [2.45, 2.75) is 53.9 Å². The summed E-state index contributed by atoms with van der Waals surface area (Å²) in [7, 11) is 0. The van der Waals surface area contributed by atoms with Crippen LogP contribution in [0, 0.1) is 24.2 Å². The molecule has 1 aliphatic rings. The molecule has 0 amide bonds. The van der Waals surface area contributed by atoms with Crippen molar-refractivity contribution in [3.05, 3.63) is 45.5 Å². The molecule has 7 nitrogen and oxygen atoms in total. The van der Waals surface area contributed by atoms with E-state index in [1.54, 1.807) is 0 Å². The number of carboxylic acid groups (broad SMARTS) is 1. The van der Waals surface area contributed by atoms with Crippen molar-refractivity contribution >= 4 is 29.6 Å². The van der Waals surface area contributed by atoms with Crippen molar-refractivity contribution in [2.24, 2.45) is 17.3 Å². The second kappa shape index (κ2) is 11.0. The first-order valence-electron chi connectivity index (χ1n) is 10.8. The van der Waals surface area contributed by atoms with Crippen LogP contribution in [-0.4, -0.2) is 34.9 Å². The van der Waals surface area contributed by atoms with Crippen LogP contribution in [0.15, 0.2) is 23.8 Å². The van der Waals surface area contributed by atoms with Gasteiger partial charge in [-0.25, -0.2) is 4.79 Å². The summed E-state index contributed by atoms with van der Waals surface area (Å²) in [5, 5.41) is 19.5. The van der Waals surface area contributed by atoms with Crippen molar-refractivity contribution < 1.29 is 34.4 Å². The number of carbonyl (C=O) groups excluding carboxylic acids is 2. The molecule has 33 heavy (non-hydrogen) atoms. The minimum Gasteiger partial charge on any atom is -0.507 e. The predicted octanol–water partition coefficient (Wildman–Crippen LogP) is 5.25. The molecule has 0 radical (unpaired) electrons. The monoisotopic (exact) mass is 478 g/mol. The van der Waals surface area contributed by atoms with Gasteiger partial charge in [-0.2, -0.15) is 4.89 Å². The van der Waals surface area contributed by atoms with Crippen LogP contribution in [-0.2, 0) is 20.9 Å². The van der Waals surface area contributed by atoms with E-state index in [9.17, 15) is 19.5 Å². The molecule has 1 aromatic carbocycles. The SMILES string of the molecule is CC(/C=C/C1(C)C(C)CCC(=O)C1C)=C\Cc1c(O)c(C=O)c(C)c(Cl)c1OOCC(=O)O. The van der Waals surface area contributed by atoms with Crippen molar-refractivity contribution in [3.63, 3.8) is 0 Å². The molecule has 0 bridgehead atoms. The average molecular weight is 479 g/mol. The highest BCUT2D eigenvalue weighted by Crippen LogP contribution is 2.45. The number of allylic oxidation sites excluding steroid dienone is 4. The summed E-state index contributed by atoms with van der Waals surface area (Å²) < 4.78 is 0. The summed E-state index contributed by atoms with van der Waals surface area (Å²) in [5.74, 6) is -1.04. The lowest BCUT2D eigenvalue weighted by Gasteiger charge is -2.42. The molecular formula is C25H31ClO7. The van der Waals surface area contributed by atoms with E-state index in [-0.39, 0.29) is 51.2 Å². The lowest BCUT2D eigenvalue weighted by atomic mass is 9.61. The van der Waals surface area contributed by atoms with Gasteiger partial charge in [0.05, 0.1) is 10.6 Å². The van der Waals surface area contributed by atoms with Gasteiger partial charge in [-0.15, -0.1) is 0 Å². The maximum absolute atomic E-state index is 12.3. The Morgan fingerprint density at radius 1 is 1.33 bits per heavy atom. The zero-order chi connectivity index (χ0) is 24.9. The maximum Gasteiger partial charge on any atom is 0.334 e. The number of phenols is 1. The van der Waals surface area contributed by atoms with Gasteiger partial charge in [-0.05, 0) is 43.6 Å². The van der Waals surface area contributed by atoms with E-state index in [4.69, 9.17) is 26.5 Å². The van der Waals surface area contributed by atoms with Gasteiger partial charge in [0, 0.05) is 17.9 Å². The summed E-state index contributed by atoms with van der Waals surface area (Å²) in [6.45, 7) is 8.91. The molecular weight excluding hydrogens is 448 g/mol. The van der Waals surface area contributed by atoms with Gasteiger partial charge in [0.1, 0.15) is 11.5 Å². The van der Waals surface area contributed by atoms with E-state index in [2.05, 4.69) is 19.9 Å².